The van der Waals surface area contributed by atoms with Gasteiger partial charge in [-0.1, -0.05) is 11.6 Å². The number of nitrogens with one attached hydrogen (secondary N) is 1. The Labute approximate surface area is 139 Å². The third-order valence-electron chi connectivity index (χ3n) is 3.05. The molecule has 0 aliphatic rings. The molecular formula is C14H16ClN3O4S. The Bertz CT molecular complexity index is 817. The van der Waals surface area contributed by atoms with E-state index in [1.165, 1.54) is 23.3 Å². The molecule has 0 aliphatic heterocycles. The lowest BCUT2D eigenvalue weighted by Crippen LogP contribution is -2.24. The van der Waals surface area contributed by atoms with E-state index < -0.39 is 10.0 Å². The smallest absolute Gasteiger partial charge is 0.255 e. The SMILES string of the molecule is CN(C)C(=O)c1cc(S(N)(=O)=O)c(Cl)cc1NCc1ccco1. The van der Waals surface area contributed by atoms with Gasteiger partial charge >= 0.3 is 0 Å². The van der Waals surface area contributed by atoms with Crippen LogP contribution in [0.25, 0.3) is 0 Å². The van der Waals surface area contributed by atoms with Crippen LogP contribution < -0.4 is 10.5 Å². The monoisotopic (exact) mass is 357 g/mol. The van der Waals surface area contributed by atoms with Crippen LogP contribution in [0.3, 0.4) is 0 Å². The first-order valence-corrected chi connectivity index (χ1v) is 8.47. The van der Waals surface area contributed by atoms with Crippen molar-refractivity contribution in [1.82, 2.24) is 4.90 Å². The number of nitrogens with zero attached hydrogens (tertiary/aromatic N) is 1. The molecule has 1 aromatic carbocycles. The Morgan fingerprint density at radius 2 is 2.09 bits per heavy atom. The van der Waals surface area contributed by atoms with Gasteiger partial charge in [0.05, 0.1) is 23.4 Å². The van der Waals surface area contributed by atoms with Crippen molar-refractivity contribution in [3.8, 4) is 0 Å². The minimum atomic E-state index is -4.04. The number of sulfonamides is 1. The van der Waals surface area contributed by atoms with E-state index in [2.05, 4.69) is 5.32 Å². The van der Waals surface area contributed by atoms with Crippen molar-refractivity contribution >= 4 is 33.2 Å². The summed E-state index contributed by atoms with van der Waals surface area (Å²) in [4.78, 5) is 13.3. The van der Waals surface area contributed by atoms with Crippen LogP contribution in [0.2, 0.25) is 5.02 Å². The van der Waals surface area contributed by atoms with Gasteiger partial charge < -0.3 is 14.6 Å². The number of furan rings is 1. The van der Waals surface area contributed by atoms with Crippen molar-refractivity contribution in [1.29, 1.82) is 0 Å². The van der Waals surface area contributed by atoms with Gasteiger partial charge in [-0.2, -0.15) is 0 Å². The minimum Gasteiger partial charge on any atom is -0.467 e. The largest absolute Gasteiger partial charge is 0.467 e. The molecule has 0 saturated carbocycles. The van der Waals surface area contributed by atoms with E-state index in [0.717, 1.165) is 0 Å². The van der Waals surface area contributed by atoms with Crippen LogP contribution in [0.4, 0.5) is 5.69 Å². The van der Waals surface area contributed by atoms with E-state index >= 15 is 0 Å². The predicted octanol–water partition coefficient (Wildman–Crippen LogP) is 1.89. The fraction of sp³-hybridized carbons (Fsp3) is 0.214. The van der Waals surface area contributed by atoms with Crippen molar-refractivity contribution in [2.45, 2.75) is 11.4 Å². The van der Waals surface area contributed by atoms with Gasteiger partial charge in [0.25, 0.3) is 5.91 Å². The molecule has 0 radical (unpaired) electrons. The van der Waals surface area contributed by atoms with Crippen LogP contribution in [0.5, 0.6) is 0 Å². The summed E-state index contributed by atoms with van der Waals surface area (Å²) in [6.45, 7) is 0.311. The zero-order valence-corrected chi connectivity index (χ0v) is 14.1. The molecule has 124 valence electrons. The zero-order valence-electron chi connectivity index (χ0n) is 12.5. The summed E-state index contributed by atoms with van der Waals surface area (Å²) < 4.78 is 28.4. The molecule has 0 spiro atoms. The Morgan fingerprint density at radius 1 is 1.39 bits per heavy atom. The first-order valence-electron chi connectivity index (χ1n) is 6.54. The second-order valence-electron chi connectivity index (χ2n) is 5.01. The van der Waals surface area contributed by atoms with E-state index in [1.807, 2.05) is 0 Å². The topological polar surface area (TPSA) is 106 Å². The van der Waals surface area contributed by atoms with Gasteiger partial charge in [-0.3, -0.25) is 4.79 Å². The molecule has 3 N–H and O–H groups in total. The highest BCUT2D eigenvalue weighted by molar-refractivity contribution is 7.89. The number of primary sulfonamides is 1. The maximum absolute atomic E-state index is 12.3. The maximum Gasteiger partial charge on any atom is 0.255 e. The number of hydrogen-bond donors (Lipinski definition) is 2. The van der Waals surface area contributed by atoms with E-state index in [9.17, 15) is 13.2 Å². The molecule has 2 aromatic rings. The molecule has 23 heavy (non-hydrogen) atoms. The number of anilines is 1. The molecule has 1 heterocycles. The van der Waals surface area contributed by atoms with Crippen LogP contribution in [-0.2, 0) is 16.6 Å². The second kappa shape index (κ2) is 6.61. The third kappa shape index (κ3) is 4.04. The van der Waals surface area contributed by atoms with E-state index in [-0.39, 0.29) is 21.4 Å². The zero-order chi connectivity index (χ0) is 17.2. The molecule has 0 bridgehead atoms. The standard InChI is InChI=1S/C14H16ClN3O4S/c1-18(2)14(19)10-6-13(23(16,20)21)11(15)7-12(10)17-8-9-4-3-5-22-9/h3-7,17H,8H2,1-2H3,(H2,16,20,21). The average Bonchev–Trinajstić information content (AvgIpc) is 2.96. The van der Waals surface area contributed by atoms with Crippen molar-refractivity contribution in [2.24, 2.45) is 5.14 Å². The molecular weight excluding hydrogens is 342 g/mol. The fourth-order valence-corrected chi connectivity index (χ4v) is 3.03. The second-order valence-corrected chi connectivity index (χ2v) is 6.94. The lowest BCUT2D eigenvalue weighted by atomic mass is 10.1. The number of benzene rings is 1. The lowest BCUT2D eigenvalue weighted by molar-refractivity contribution is 0.0828. The first kappa shape index (κ1) is 17.3. The van der Waals surface area contributed by atoms with E-state index in [4.69, 9.17) is 21.2 Å². The van der Waals surface area contributed by atoms with E-state index in [1.54, 1.807) is 26.2 Å². The van der Waals surface area contributed by atoms with Gasteiger partial charge in [-0.05, 0) is 24.3 Å². The van der Waals surface area contributed by atoms with Crippen LogP contribution in [-0.4, -0.2) is 33.3 Å². The predicted molar refractivity (Wildman–Crippen MR) is 86.9 cm³/mol. The summed E-state index contributed by atoms with van der Waals surface area (Å²) in [5.41, 5.74) is 0.535. The molecule has 1 aromatic heterocycles. The van der Waals surface area contributed by atoms with Crippen LogP contribution in [0, 0.1) is 0 Å². The summed E-state index contributed by atoms with van der Waals surface area (Å²) in [6.07, 6.45) is 1.53. The Kier molecular flexibility index (Phi) is 4.98. The minimum absolute atomic E-state index is 0.0650. The summed E-state index contributed by atoms with van der Waals surface area (Å²) in [5, 5.41) is 8.08. The van der Waals surface area contributed by atoms with Gasteiger partial charge in [0.2, 0.25) is 10.0 Å². The highest BCUT2D eigenvalue weighted by atomic mass is 35.5. The number of carbonyl (C=O) groups excluding carboxylic acids is 1. The normalized spacial score (nSPS) is 11.3. The number of hydrogen-bond acceptors (Lipinski definition) is 5. The van der Waals surface area contributed by atoms with Crippen LogP contribution in [0.15, 0.2) is 39.8 Å². The van der Waals surface area contributed by atoms with Gasteiger partial charge in [-0.25, -0.2) is 13.6 Å². The summed E-state index contributed by atoms with van der Waals surface area (Å²) >= 11 is 5.98. The molecule has 7 nitrogen and oxygen atoms in total. The fourth-order valence-electron chi connectivity index (χ4n) is 1.93. The van der Waals surface area contributed by atoms with Gasteiger partial charge in [0.15, 0.2) is 0 Å². The van der Waals surface area contributed by atoms with Crippen molar-refractivity contribution in [3.63, 3.8) is 0 Å². The molecule has 0 fully saturated rings. The maximum atomic E-state index is 12.3. The molecule has 0 aliphatic carbocycles. The van der Waals surface area contributed by atoms with Gasteiger partial charge in [0.1, 0.15) is 10.7 Å². The van der Waals surface area contributed by atoms with Crippen molar-refractivity contribution in [3.05, 3.63) is 46.9 Å². The number of amides is 1. The summed E-state index contributed by atoms with van der Waals surface area (Å²) in [6, 6.07) is 6.03. The first-order chi connectivity index (χ1) is 10.7. The van der Waals surface area contributed by atoms with Crippen LogP contribution in [0.1, 0.15) is 16.1 Å². The van der Waals surface area contributed by atoms with E-state index in [0.29, 0.717) is 18.0 Å². The molecule has 0 unspecified atom stereocenters. The molecule has 0 atom stereocenters. The summed E-state index contributed by atoms with van der Waals surface area (Å²) in [5.74, 6) is 0.272. The Hall–Kier alpha value is -2.03. The molecule has 0 saturated heterocycles. The lowest BCUT2D eigenvalue weighted by Gasteiger charge is -2.17. The number of rotatable bonds is 5. The molecule has 2 rings (SSSR count). The summed E-state index contributed by atoms with van der Waals surface area (Å²) in [7, 11) is -0.920. The number of halogens is 1. The van der Waals surface area contributed by atoms with Crippen molar-refractivity contribution in [2.75, 3.05) is 19.4 Å². The highest BCUT2D eigenvalue weighted by Gasteiger charge is 2.21. The van der Waals surface area contributed by atoms with Gasteiger partial charge in [-0.15, -0.1) is 0 Å². The quantitative estimate of drug-likeness (QED) is 0.850. The highest BCUT2D eigenvalue weighted by Crippen LogP contribution is 2.29. The van der Waals surface area contributed by atoms with Crippen molar-refractivity contribution < 1.29 is 17.6 Å². The number of carbonyl (C=O) groups is 1. The Morgan fingerprint density at radius 3 is 2.61 bits per heavy atom. The Balaban J connectivity index is 2.47. The molecule has 1 amide bonds. The number of nitrogens with two attached hydrogens (primary N) is 1. The molecule has 9 heteroatoms. The van der Waals surface area contributed by atoms with Crippen LogP contribution >= 0.6 is 11.6 Å². The van der Waals surface area contributed by atoms with Gasteiger partial charge in [0, 0.05) is 19.8 Å². The third-order valence-corrected chi connectivity index (χ3v) is 4.42. The average molecular weight is 358 g/mol.